The van der Waals surface area contributed by atoms with Crippen molar-refractivity contribution in [1.82, 2.24) is 20.2 Å². The van der Waals surface area contributed by atoms with E-state index in [1.807, 2.05) is 46.1 Å². The van der Waals surface area contributed by atoms with Gasteiger partial charge in [-0.3, -0.25) is 0 Å². The van der Waals surface area contributed by atoms with Crippen LogP contribution in [0.3, 0.4) is 0 Å². The molecule has 2 heterocycles. The molecule has 2 rings (SSSR count). The van der Waals surface area contributed by atoms with Gasteiger partial charge in [-0.05, 0) is 33.3 Å². The van der Waals surface area contributed by atoms with Crippen LogP contribution in [0.5, 0.6) is 5.88 Å². The zero-order chi connectivity index (χ0) is 18.2. The minimum atomic E-state index is 0.125. The molecule has 0 aliphatic rings. The van der Waals surface area contributed by atoms with Gasteiger partial charge in [0.1, 0.15) is 0 Å². The van der Waals surface area contributed by atoms with Crippen LogP contribution in [-0.2, 0) is 13.1 Å². The summed E-state index contributed by atoms with van der Waals surface area (Å²) >= 11 is 1.67. The Bertz CT molecular complexity index is 681. The standard InChI is InChI=1S/C18H27N5OS/c1-6-19-18(23(5)11-16-12-25-14(4)22-16)21-10-15-7-8-17(20-9-15)24-13(2)3/h7-9,12-13H,6,10-11H2,1-5H3,(H,19,21). The van der Waals surface area contributed by atoms with Gasteiger partial charge < -0.3 is 15.0 Å². The maximum absolute atomic E-state index is 5.57. The van der Waals surface area contributed by atoms with Crippen molar-refractivity contribution in [2.75, 3.05) is 13.6 Å². The summed E-state index contributed by atoms with van der Waals surface area (Å²) in [7, 11) is 2.02. The van der Waals surface area contributed by atoms with Gasteiger partial charge in [0.25, 0.3) is 0 Å². The van der Waals surface area contributed by atoms with Crippen molar-refractivity contribution in [1.29, 1.82) is 0 Å². The Hall–Kier alpha value is -2.15. The van der Waals surface area contributed by atoms with Crippen molar-refractivity contribution in [2.45, 2.75) is 46.9 Å². The Morgan fingerprint density at radius 1 is 1.40 bits per heavy atom. The lowest BCUT2D eigenvalue weighted by Crippen LogP contribution is -2.38. The molecular weight excluding hydrogens is 334 g/mol. The van der Waals surface area contributed by atoms with Crippen molar-refractivity contribution in [2.24, 2.45) is 4.99 Å². The third-order valence-electron chi connectivity index (χ3n) is 3.33. The van der Waals surface area contributed by atoms with E-state index in [9.17, 15) is 0 Å². The number of hydrogen-bond donors (Lipinski definition) is 1. The largest absolute Gasteiger partial charge is 0.475 e. The Kier molecular flexibility index (Phi) is 7.18. The number of guanidine groups is 1. The van der Waals surface area contributed by atoms with E-state index in [4.69, 9.17) is 9.73 Å². The van der Waals surface area contributed by atoms with Crippen LogP contribution < -0.4 is 10.1 Å². The van der Waals surface area contributed by atoms with E-state index in [-0.39, 0.29) is 6.10 Å². The van der Waals surface area contributed by atoms with Crippen molar-refractivity contribution < 1.29 is 4.74 Å². The molecule has 0 atom stereocenters. The third kappa shape index (κ3) is 6.34. The molecule has 7 heteroatoms. The molecule has 0 bridgehead atoms. The maximum Gasteiger partial charge on any atom is 0.213 e. The first kappa shape index (κ1) is 19.2. The minimum Gasteiger partial charge on any atom is -0.475 e. The number of nitrogens with zero attached hydrogens (tertiary/aromatic N) is 4. The first-order chi connectivity index (χ1) is 12.0. The fourth-order valence-corrected chi connectivity index (χ4v) is 2.85. The molecule has 0 saturated carbocycles. The van der Waals surface area contributed by atoms with Gasteiger partial charge in [-0.25, -0.2) is 15.0 Å². The van der Waals surface area contributed by atoms with E-state index < -0.39 is 0 Å². The molecule has 2 aromatic rings. The Morgan fingerprint density at radius 2 is 2.20 bits per heavy atom. The van der Waals surface area contributed by atoms with Crippen LogP contribution in [0.15, 0.2) is 28.7 Å². The second-order valence-corrected chi connectivity index (χ2v) is 7.12. The lowest BCUT2D eigenvalue weighted by molar-refractivity contribution is 0.232. The third-order valence-corrected chi connectivity index (χ3v) is 4.15. The van der Waals surface area contributed by atoms with Gasteiger partial charge in [-0.1, -0.05) is 6.07 Å². The molecular formula is C18H27N5OS. The number of aliphatic imine (C=N–C) groups is 1. The van der Waals surface area contributed by atoms with Crippen molar-refractivity contribution >= 4 is 17.3 Å². The fourth-order valence-electron chi connectivity index (χ4n) is 2.25. The Labute approximate surface area is 154 Å². The highest BCUT2D eigenvalue weighted by Gasteiger charge is 2.08. The molecule has 0 unspecified atom stereocenters. The van der Waals surface area contributed by atoms with Crippen LogP contribution in [0.2, 0.25) is 0 Å². The fraction of sp³-hybridized carbons (Fsp3) is 0.500. The molecule has 0 aliphatic carbocycles. The molecule has 2 aromatic heterocycles. The summed E-state index contributed by atoms with van der Waals surface area (Å²) < 4.78 is 5.57. The Morgan fingerprint density at radius 3 is 2.76 bits per heavy atom. The molecule has 0 radical (unpaired) electrons. The van der Waals surface area contributed by atoms with E-state index in [0.717, 1.165) is 35.3 Å². The molecule has 25 heavy (non-hydrogen) atoms. The van der Waals surface area contributed by atoms with Crippen LogP contribution in [0, 0.1) is 6.92 Å². The SMILES string of the molecule is CCNC(=NCc1ccc(OC(C)C)nc1)N(C)Cc1csc(C)n1. The number of ether oxygens (including phenoxy) is 1. The number of aromatic nitrogens is 2. The molecule has 0 saturated heterocycles. The van der Waals surface area contributed by atoms with Crippen molar-refractivity contribution in [3.05, 3.63) is 40.0 Å². The molecule has 0 spiro atoms. The van der Waals surface area contributed by atoms with Crippen LogP contribution in [0.4, 0.5) is 0 Å². The number of thiazole rings is 1. The van der Waals surface area contributed by atoms with Gasteiger partial charge in [0.05, 0.1) is 29.9 Å². The van der Waals surface area contributed by atoms with Gasteiger partial charge >= 0.3 is 0 Å². The predicted molar refractivity (Wildman–Crippen MR) is 103 cm³/mol. The summed E-state index contributed by atoms with van der Waals surface area (Å²) in [6.45, 7) is 10.2. The van der Waals surface area contributed by atoms with Crippen LogP contribution in [-0.4, -0.2) is 40.5 Å². The number of rotatable bonds is 7. The van der Waals surface area contributed by atoms with Gasteiger partial charge in [-0.2, -0.15) is 0 Å². The second kappa shape index (κ2) is 9.36. The molecule has 0 aromatic carbocycles. The zero-order valence-electron chi connectivity index (χ0n) is 15.6. The van der Waals surface area contributed by atoms with Crippen LogP contribution >= 0.6 is 11.3 Å². The highest BCUT2D eigenvalue weighted by Crippen LogP contribution is 2.12. The van der Waals surface area contributed by atoms with E-state index in [1.54, 1.807) is 11.3 Å². The first-order valence-electron chi connectivity index (χ1n) is 8.50. The van der Waals surface area contributed by atoms with Crippen LogP contribution in [0.1, 0.15) is 37.0 Å². The Balaban J connectivity index is 2.00. The average Bonchev–Trinajstić information content (AvgIpc) is 2.97. The number of nitrogens with one attached hydrogen (secondary N) is 1. The molecule has 1 N–H and O–H groups in total. The lowest BCUT2D eigenvalue weighted by atomic mass is 10.3. The van der Waals surface area contributed by atoms with E-state index in [2.05, 4.69) is 32.5 Å². The molecule has 6 nitrogen and oxygen atoms in total. The van der Waals surface area contributed by atoms with E-state index >= 15 is 0 Å². The van der Waals surface area contributed by atoms with Gasteiger partial charge in [0.2, 0.25) is 5.88 Å². The second-order valence-electron chi connectivity index (χ2n) is 6.06. The van der Waals surface area contributed by atoms with Gasteiger partial charge in [-0.15, -0.1) is 11.3 Å². The summed E-state index contributed by atoms with van der Waals surface area (Å²) in [5.41, 5.74) is 2.11. The van der Waals surface area contributed by atoms with Crippen LogP contribution in [0.25, 0.3) is 0 Å². The highest BCUT2D eigenvalue weighted by molar-refractivity contribution is 7.09. The molecule has 0 amide bonds. The number of aryl methyl sites for hydroxylation is 1. The monoisotopic (exact) mass is 361 g/mol. The molecule has 0 aliphatic heterocycles. The summed E-state index contributed by atoms with van der Waals surface area (Å²) in [6.07, 6.45) is 1.94. The minimum absolute atomic E-state index is 0.125. The summed E-state index contributed by atoms with van der Waals surface area (Å²) in [6, 6.07) is 3.89. The number of pyridine rings is 1. The predicted octanol–water partition coefficient (Wildman–Crippen LogP) is 3.23. The average molecular weight is 362 g/mol. The highest BCUT2D eigenvalue weighted by atomic mass is 32.1. The summed E-state index contributed by atoms with van der Waals surface area (Å²) in [5, 5.41) is 6.50. The number of hydrogen-bond acceptors (Lipinski definition) is 5. The normalized spacial score (nSPS) is 11.7. The summed E-state index contributed by atoms with van der Waals surface area (Å²) in [5.74, 6) is 1.50. The lowest BCUT2D eigenvalue weighted by Gasteiger charge is -2.21. The van der Waals surface area contributed by atoms with Crippen molar-refractivity contribution in [3.63, 3.8) is 0 Å². The maximum atomic E-state index is 5.57. The van der Waals surface area contributed by atoms with Crippen molar-refractivity contribution in [3.8, 4) is 5.88 Å². The zero-order valence-corrected chi connectivity index (χ0v) is 16.4. The first-order valence-corrected chi connectivity index (χ1v) is 9.38. The van der Waals surface area contributed by atoms with Gasteiger partial charge in [0.15, 0.2) is 5.96 Å². The molecule has 136 valence electrons. The quantitative estimate of drug-likeness (QED) is 0.606. The van der Waals surface area contributed by atoms with Gasteiger partial charge in [0, 0.05) is 31.2 Å². The summed E-state index contributed by atoms with van der Waals surface area (Å²) in [4.78, 5) is 15.6. The topological polar surface area (TPSA) is 62.6 Å². The van der Waals surface area contributed by atoms with E-state index in [0.29, 0.717) is 12.4 Å². The smallest absolute Gasteiger partial charge is 0.213 e. The molecule has 0 fully saturated rings. The van der Waals surface area contributed by atoms with E-state index in [1.165, 1.54) is 0 Å².